The molecule has 1 aliphatic heterocycles. The molecule has 1 N–H and O–H groups in total. The summed E-state index contributed by atoms with van der Waals surface area (Å²) in [6.45, 7) is 9.84. The summed E-state index contributed by atoms with van der Waals surface area (Å²) in [6, 6.07) is 18.1. The van der Waals surface area contributed by atoms with Gasteiger partial charge in [0, 0.05) is 39.3 Å². The Hall–Kier alpha value is -2.37. The number of benzene rings is 2. The summed E-state index contributed by atoms with van der Waals surface area (Å²) >= 11 is 0. The molecule has 2 aromatic carbocycles. The number of piperazine rings is 1. The van der Waals surface area contributed by atoms with Gasteiger partial charge in [0.15, 0.2) is 0 Å². The van der Waals surface area contributed by atoms with Crippen molar-refractivity contribution < 1.29 is 9.53 Å². The van der Waals surface area contributed by atoms with Crippen molar-refractivity contribution in [3.63, 3.8) is 0 Å². The van der Waals surface area contributed by atoms with Crippen LogP contribution in [0, 0.1) is 0 Å². The summed E-state index contributed by atoms with van der Waals surface area (Å²) < 4.78 is 5.54. The maximum atomic E-state index is 12.4. The molecule has 29 heavy (non-hydrogen) atoms. The van der Waals surface area contributed by atoms with Gasteiger partial charge < -0.3 is 15.0 Å². The Morgan fingerprint density at radius 1 is 0.931 bits per heavy atom. The third-order valence-electron chi connectivity index (χ3n) is 5.33. The lowest BCUT2D eigenvalue weighted by Crippen LogP contribution is -2.46. The number of nitrogens with one attached hydrogen (secondary N) is 1. The fourth-order valence-corrected chi connectivity index (χ4v) is 3.71. The van der Waals surface area contributed by atoms with Gasteiger partial charge in [-0.05, 0) is 44.0 Å². The van der Waals surface area contributed by atoms with Crippen LogP contribution in [0.4, 0.5) is 0 Å². The van der Waals surface area contributed by atoms with Crippen LogP contribution >= 0.6 is 0 Å². The van der Waals surface area contributed by atoms with Crippen LogP contribution < -0.4 is 10.1 Å². The average Bonchev–Trinajstić information content (AvgIpc) is 2.76. The number of carbonyl (C=O) groups is 1. The van der Waals surface area contributed by atoms with Crippen LogP contribution in [-0.2, 0) is 6.54 Å². The smallest absolute Gasteiger partial charge is 0.255 e. The highest BCUT2D eigenvalue weighted by Crippen LogP contribution is 2.17. The lowest BCUT2D eigenvalue weighted by Gasteiger charge is -2.34. The highest BCUT2D eigenvalue weighted by Gasteiger charge is 2.16. The van der Waals surface area contributed by atoms with Gasteiger partial charge >= 0.3 is 0 Å². The quantitative estimate of drug-likeness (QED) is 0.626. The molecule has 0 atom stereocenters. The number of ether oxygens (including phenoxy) is 1. The summed E-state index contributed by atoms with van der Waals surface area (Å²) in [5.74, 6) is 0.601. The fraction of sp³-hybridized carbons (Fsp3) is 0.458. The summed E-state index contributed by atoms with van der Waals surface area (Å²) in [5, 5.41) is 3.02. The van der Waals surface area contributed by atoms with Gasteiger partial charge in [0.2, 0.25) is 0 Å². The van der Waals surface area contributed by atoms with Gasteiger partial charge in [-0.1, -0.05) is 42.5 Å². The first-order valence-electron chi connectivity index (χ1n) is 10.7. The molecule has 5 nitrogen and oxygen atoms in total. The first kappa shape index (κ1) is 21.3. The van der Waals surface area contributed by atoms with Crippen LogP contribution in [0.1, 0.15) is 35.7 Å². The number of unbranched alkanes of at least 4 members (excludes halogenated alkanes) is 1. The molecule has 0 saturated carbocycles. The molecule has 0 aliphatic carbocycles. The molecule has 5 heteroatoms. The Bertz CT molecular complexity index is 743. The first-order valence-corrected chi connectivity index (χ1v) is 10.7. The summed E-state index contributed by atoms with van der Waals surface area (Å²) in [4.78, 5) is 17.4. The van der Waals surface area contributed by atoms with Crippen molar-refractivity contribution in [2.75, 3.05) is 45.9 Å². The lowest BCUT2D eigenvalue weighted by molar-refractivity contribution is 0.0947. The minimum atomic E-state index is -0.0522. The predicted octanol–water partition coefficient (Wildman–Crippen LogP) is 3.41. The van der Waals surface area contributed by atoms with Crippen LogP contribution in [0.25, 0.3) is 0 Å². The Kier molecular flexibility index (Phi) is 8.53. The number of carbonyl (C=O) groups excluding carboxylic acids is 1. The minimum absolute atomic E-state index is 0.0522. The highest BCUT2D eigenvalue weighted by atomic mass is 16.5. The standard InChI is InChI=1S/C24H33N3O2/c1-2-29-23-13-7-6-12-22(23)24(28)25-14-8-9-15-26-16-18-27(19-17-26)20-21-10-4-3-5-11-21/h3-7,10-13H,2,8-9,14-20H2,1H3,(H,25,28). The second kappa shape index (κ2) is 11.6. The van der Waals surface area contributed by atoms with E-state index in [2.05, 4.69) is 45.4 Å². The molecule has 0 unspecified atom stereocenters. The van der Waals surface area contributed by atoms with Crippen molar-refractivity contribution in [3.05, 3.63) is 65.7 Å². The number of rotatable bonds is 10. The molecule has 0 aromatic heterocycles. The number of nitrogens with zero attached hydrogens (tertiary/aromatic N) is 2. The van der Waals surface area contributed by atoms with Crippen LogP contribution in [0.15, 0.2) is 54.6 Å². The van der Waals surface area contributed by atoms with Gasteiger partial charge in [-0.2, -0.15) is 0 Å². The van der Waals surface area contributed by atoms with Crippen molar-refractivity contribution in [2.24, 2.45) is 0 Å². The molecule has 2 aromatic rings. The van der Waals surface area contributed by atoms with E-state index < -0.39 is 0 Å². The molecule has 1 heterocycles. The van der Waals surface area contributed by atoms with Gasteiger partial charge in [0.1, 0.15) is 5.75 Å². The van der Waals surface area contributed by atoms with E-state index >= 15 is 0 Å². The summed E-state index contributed by atoms with van der Waals surface area (Å²) in [6.07, 6.45) is 2.10. The van der Waals surface area contributed by atoms with Crippen molar-refractivity contribution in [3.8, 4) is 5.75 Å². The summed E-state index contributed by atoms with van der Waals surface area (Å²) in [7, 11) is 0. The van der Waals surface area contributed by atoms with Crippen LogP contribution in [0.5, 0.6) is 5.75 Å². The van der Waals surface area contributed by atoms with Crippen LogP contribution in [0.3, 0.4) is 0 Å². The Morgan fingerprint density at radius 2 is 1.62 bits per heavy atom. The van der Waals surface area contributed by atoms with Crippen molar-refractivity contribution in [1.29, 1.82) is 0 Å². The molecule has 0 radical (unpaired) electrons. The van der Waals surface area contributed by atoms with Gasteiger partial charge in [-0.25, -0.2) is 0 Å². The lowest BCUT2D eigenvalue weighted by atomic mass is 10.2. The number of para-hydroxylation sites is 1. The Balaban J connectivity index is 1.29. The molecular formula is C24H33N3O2. The zero-order chi connectivity index (χ0) is 20.3. The SMILES string of the molecule is CCOc1ccccc1C(=O)NCCCCN1CCN(Cc2ccccc2)CC1. The number of amides is 1. The van der Waals surface area contributed by atoms with Gasteiger partial charge in [-0.3, -0.25) is 9.69 Å². The Morgan fingerprint density at radius 3 is 2.38 bits per heavy atom. The molecule has 3 rings (SSSR count). The summed E-state index contributed by atoms with van der Waals surface area (Å²) in [5.41, 5.74) is 2.01. The largest absolute Gasteiger partial charge is 0.493 e. The van der Waals surface area contributed by atoms with E-state index in [4.69, 9.17) is 4.74 Å². The molecule has 0 spiro atoms. The third kappa shape index (κ3) is 6.87. The van der Waals surface area contributed by atoms with Crippen molar-refractivity contribution in [2.45, 2.75) is 26.3 Å². The maximum absolute atomic E-state index is 12.4. The minimum Gasteiger partial charge on any atom is -0.493 e. The Labute approximate surface area is 174 Å². The molecule has 1 saturated heterocycles. The van der Waals surface area contributed by atoms with E-state index in [0.29, 0.717) is 24.5 Å². The average molecular weight is 396 g/mol. The van der Waals surface area contributed by atoms with E-state index in [-0.39, 0.29) is 5.91 Å². The monoisotopic (exact) mass is 395 g/mol. The van der Waals surface area contributed by atoms with Crippen molar-refractivity contribution >= 4 is 5.91 Å². The zero-order valence-electron chi connectivity index (χ0n) is 17.5. The van der Waals surface area contributed by atoms with Gasteiger partial charge in [0.05, 0.1) is 12.2 Å². The highest BCUT2D eigenvalue weighted by molar-refractivity contribution is 5.96. The van der Waals surface area contributed by atoms with E-state index in [1.165, 1.54) is 5.56 Å². The van der Waals surface area contributed by atoms with Gasteiger partial charge in [0.25, 0.3) is 5.91 Å². The first-order chi connectivity index (χ1) is 14.3. The normalized spacial score (nSPS) is 15.2. The second-order valence-electron chi connectivity index (χ2n) is 7.50. The zero-order valence-corrected chi connectivity index (χ0v) is 17.5. The van der Waals surface area contributed by atoms with E-state index in [1.807, 2.05) is 31.2 Å². The fourth-order valence-electron chi connectivity index (χ4n) is 3.71. The number of hydrogen-bond acceptors (Lipinski definition) is 4. The molecular weight excluding hydrogens is 362 g/mol. The van der Waals surface area contributed by atoms with Crippen LogP contribution in [-0.4, -0.2) is 61.6 Å². The molecule has 1 amide bonds. The predicted molar refractivity (Wildman–Crippen MR) is 117 cm³/mol. The molecule has 0 bridgehead atoms. The molecule has 1 fully saturated rings. The van der Waals surface area contributed by atoms with Crippen molar-refractivity contribution in [1.82, 2.24) is 15.1 Å². The van der Waals surface area contributed by atoms with E-state index in [0.717, 1.165) is 52.1 Å². The number of hydrogen-bond donors (Lipinski definition) is 1. The van der Waals surface area contributed by atoms with Crippen LogP contribution in [0.2, 0.25) is 0 Å². The second-order valence-corrected chi connectivity index (χ2v) is 7.50. The maximum Gasteiger partial charge on any atom is 0.255 e. The third-order valence-corrected chi connectivity index (χ3v) is 5.33. The van der Waals surface area contributed by atoms with Gasteiger partial charge in [-0.15, -0.1) is 0 Å². The molecule has 1 aliphatic rings. The topological polar surface area (TPSA) is 44.8 Å². The molecule has 156 valence electrons. The van der Waals surface area contributed by atoms with E-state index in [9.17, 15) is 4.79 Å². The van der Waals surface area contributed by atoms with E-state index in [1.54, 1.807) is 0 Å².